The summed E-state index contributed by atoms with van der Waals surface area (Å²) in [6.45, 7) is 25.4. The number of rotatable bonds is 32. The number of amides is 4. The number of halogens is 2. The zero-order valence-electron chi connectivity index (χ0n) is 48.2. The van der Waals surface area contributed by atoms with E-state index in [1.807, 2.05) is 0 Å². The van der Waals surface area contributed by atoms with Gasteiger partial charge in [0.05, 0.1) is 22.8 Å². The van der Waals surface area contributed by atoms with E-state index >= 15 is 0 Å². The van der Waals surface area contributed by atoms with Gasteiger partial charge >= 0.3 is 31.6 Å². The van der Waals surface area contributed by atoms with Crippen LogP contribution in [0.5, 0.6) is 0 Å². The van der Waals surface area contributed by atoms with Gasteiger partial charge in [0.15, 0.2) is 0 Å². The van der Waals surface area contributed by atoms with E-state index in [-0.39, 0.29) is 68.0 Å². The van der Waals surface area contributed by atoms with Crippen LogP contribution in [-0.2, 0) is 66.1 Å². The van der Waals surface area contributed by atoms with Gasteiger partial charge in [0.25, 0.3) is 5.91 Å². The molecule has 0 aliphatic carbocycles. The molecule has 5 N–H and O–H groups in total. The Balaban J connectivity index is 2.88. The second-order valence-electron chi connectivity index (χ2n) is 23.6. The predicted molar refractivity (Wildman–Crippen MR) is 288 cm³/mol. The highest BCUT2D eigenvalue weighted by Gasteiger charge is 2.39. The number of pyridine rings is 1. The number of nitrogens with one attached hydrogen (secondary N) is 5. The normalized spacial score (nSPS) is 14.2. The van der Waals surface area contributed by atoms with Crippen LogP contribution in [0.3, 0.4) is 0 Å². The van der Waals surface area contributed by atoms with Gasteiger partial charge in [-0.1, -0.05) is 24.4 Å². The zero-order valence-corrected chi connectivity index (χ0v) is 49.8. The summed E-state index contributed by atoms with van der Waals surface area (Å²) in [6.07, 6.45) is 4.08. The summed E-state index contributed by atoms with van der Waals surface area (Å²) >= 11 is 5.69. The molecule has 4 atom stereocenters. The van der Waals surface area contributed by atoms with Crippen LogP contribution in [0.15, 0.2) is 12.3 Å². The summed E-state index contributed by atoms with van der Waals surface area (Å²) in [4.78, 5) is 107. The summed E-state index contributed by atoms with van der Waals surface area (Å²) in [6, 6.07) is -2.57. The first-order valence-electron chi connectivity index (χ1n) is 26.3. The largest absolute Gasteiger partial charge is 0.460 e. The van der Waals surface area contributed by atoms with Crippen LogP contribution in [0.2, 0.25) is 5.02 Å². The van der Waals surface area contributed by atoms with E-state index in [0.29, 0.717) is 58.0 Å². The maximum atomic E-state index is 14.4. The number of carbonyl (C=O) groups is 8. The quantitative estimate of drug-likeness (QED) is 0.0149. The molecule has 1 aromatic heterocycles. The van der Waals surface area contributed by atoms with Gasteiger partial charge in [-0.2, -0.15) is 4.39 Å². The van der Waals surface area contributed by atoms with E-state index in [1.54, 1.807) is 104 Å². The first-order valence-corrected chi connectivity index (χ1v) is 28.3. The first kappa shape index (κ1) is 70.3. The van der Waals surface area contributed by atoms with Crippen LogP contribution in [0.1, 0.15) is 204 Å². The van der Waals surface area contributed by atoms with E-state index in [0.717, 1.165) is 6.20 Å². The van der Waals surface area contributed by atoms with Crippen molar-refractivity contribution in [2.75, 3.05) is 19.7 Å². The van der Waals surface area contributed by atoms with Crippen LogP contribution >= 0.6 is 19.3 Å². The number of carbonyl (C=O) groups excluding carboxylic acids is 8. The van der Waals surface area contributed by atoms with Crippen molar-refractivity contribution in [1.29, 1.82) is 0 Å². The molecule has 0 fully saturated rings. The highest BCUT2D eigenvalue weighted by atomic mass is 35.5. The lowest BCUT2D eigenvalue weighted by Gasteiger charge is -2.31. The summed E-state index contributed by atoms with van der Waals surface area (Å²) in [7, 11) is -4.37. The Morgan fingerprint density at radius 1 is 0.558 bits per heavy atom. The molecule has 0 bridgehead atoms. The molecule has 0 radical (unpaired) electrons. The van der Waals surface area contributed by atoms with Gasteiger partial charge < -0.3 is 40.2 Å². The molecule has 0 aliphatic heterocycles. The minimum Gasteiger partial charge on any atom is -0.460 e. The van der Waals surface area contributed by atoms with Crippen molar-refractivity contribution in [3.05, 3.63) is 28.8 Å². The second kappa shape index (κ2) is 32.3. The zero-order chi connectivity index (χ0) is 59.0. The fourth-order valence-corrected chi connectivity index (χ4v) is 8.82. The topological polar surface area (TPSA) is 282 Å². The highest BCUT2D eigenvalue weighted by molar-refractivity contribution is 7.51. The molecule has 1 heterocycles. The number of aromatic nitrogens is 1. The third kappa shape index (κ3) is 34.7. The van der Waals surface area contributed by atoms with Crippen LogP contribution in [0.25, 0.3) is 0 Å². The number of hydrogen-bond acceptors (Lipinski definition) is 16. The minimum absolute atomic E-state index is 0.0167. The van der Waals surface area contributed by atoms with Crippen molar-refractivity contribution >= 4 is 66.9 Å². The molecule has 0 saturated carbocycles. The third-order valence-corrected chi connectivity index (χ3v) is 12.1. The molecule has 440 valence electrons. The van der Waals surface area contributed by atoms with E-state index < -0.39 is 101 Å². The Morgan fingerprint density at radius 2 is 1.01 bits per heavy atom. The van der Waals surface area contributed by atoms with Gasteiger partial charge in [-0.05, 0) is 161 Å². The van der Waals surface area contributed by atoms with Crippen molar-refractivity contribution < 1.29 is 75.3 Å². The lowest BCUT2D eigenvalue weighted by molar-refractivity contribution is -0.160. The second-order valence-corrected chi connectivity index (χ2v) is 25.7. The Labute approximate surface area is 460 Å². The van der Waals surface area contributed by atoms with Gasteiger partial charge in [-0.3, -0.25) is 37.8 Å². The van der Waals surface area contributed by atoms with Crippen LogP contribution < -0.4 is 26.4 Å². The molecule has 0 aliphatic rings. The molecule has 0 aromatic carbocycles. The van der Waals surface area contributed by atoms with Crippen molar-refractivity contribution in [2.45, 2.75) is 240 Å². The number of esters is 4. The average molecular weight is 1140 g/mol. The molecule has 1 aromatic rings. The molecule has 24 heteroatoms. The van der Waals surface area contributed by atoms with Crippen molar-refractivity contribution in [3.63, 3.8) is 0 Å². The average Bonchev–Trinajstić information content (AvgIpc) is 3.25. The van der Waals surface area contributed by atoms with Crippen molar-refractivity contribution in [1.82, 2.24) is 31.3 Å². The van der Waals surface area contributed by atoms with Crippen molar-refractivity contribution in [3.8, 4) is 0 Å². The van der Waals surface area contributed by atoms with Gasteiger partial charge in [0, 0.05) is 45.0 Å². The van der Waals surface area contributed by atoms with E-state index in [2.05, 4.69) is 31.3 Å². The van der Waals surface area contributed by atoms with E-state index in [1.165, 1.54) is 6.07 Å². The molecular weight excluding hydrogens is 1050 g/mol. The molecule has 21 nitrogen and oxygen atoms in total. The predicted octanol–water partition coefficient (Wildman–Crippen LogP) is 8.42. The molecule has 77 heavy (non-hydrogen) atoms. The fourth-order valence-electron chi connectivity index (χ4n) is 6.77. The SMILES string of the molecule is CC(C)(C)OC(=O)CC[C@H](NP(=O)(OCCC[C@H](NC(=O)CC[C@H](NC(=O)CCCCCNC(=O)CCCCCNC(=O)c1cnc(F)c(Cl)c1)C(=O)OC(C)(C)C)C(=O)OC(C)(C)C)OC(C)(C)C)C(=O)OC(C)(C)C. The van der Waals surface area contributed by atoms with Gasteiger partial charge in [-0.15, -0.1) is 0 Å². The fraction of sp³-hybridized carbons (Fsp3) is 0.755. The lowest BCUT2D eigenvalue weighted by atomic mass is 10.1. The van der Waals surface area contributed by atoms with Crippen LogP contribution in [-0.4, -0.2) is 118 Å². The van der Waals surface area contributed by atoms with Gasteiger partial charge in [0.2, 0.25) is 23.7 Å². The molecule has 4 amide bonds. The minimum atomic E-state index is -4.37. The maximum absolute atomic E-state index is 14.4. The lowest BCUT2D eigenvalue weighted by Crippen LogP contribution is -2.46. The van der Waals surface area contributed by atoms with Gasteiger partial charge in [-0.25, -0.2) is 24.2 Å². The van der Waals surface area contributed by atoms with E-state index in [4.69, 9.17) is 39.6 Å². The summed E-state index contributed by atoms with van der Waals surface area (Å²) in [5.74, 6) is -5.43. The van der Waals surface area contributed by atoms with Gasteiger partial charge in [0.1, 0.15) is 40.5 Å². The summed E-state index contributed by atoms with van der Waals surface area (Å²) in [5, 5.41) is 13.3. The molecular formula is C53H89ClFN6O15P. The Morgan fingerprint density at radius 3 is 1.51 bits per heavy atom. The summed E-state index contributed by atoms with van der Waals surface area (Å²) in [5.41, 5.74) is -4.49. The Kier molecular flexibility index (Phi) is 29.5. The molecule has 1 unspecified atom stereocenters. The smallest absolute Gasteiger partial charge is 0.406 e. The Bertz CT molecular complexity index is 2170. The highest BCUT2D eigenvalue weighted by Crippen LogP contribution is 2.48. The number of nitrogens with zero attached hydrogens (tertiary/aromatic N) is 1. The standard InChI is InChI=1S/C53H89ClFN6O15P/c1-49(2,3)72-43(65)29-27-39(48(69)75-52(10,11)12)61-77(70,76-53(13,14)15)71-32-22-23-37(46(67)73-50(4,5)6)59-42(64)28-26-38(47(68)74-51(7,8)9)60-41(63)25-19-17-20-30-56-40(62)24-18-16-21-31-57-45(66)35-33-36(54)44(55)58-34-35/h33-34,37-39H,16-32H2,1-15H3,(H,56,62)(H,57,66)(H,59,64)(H,60,63)(H,61,70)/t37-,38-,39-,77?/m0/s1. The number of hydrogen-bond donors (Lipinski definition) is 5. The van der Waals surface area contributed by atoms with E-state index in [9.17, 15) is 47.3 Å². The van der Waals surface area contributed by atoms with Crippen LogP contribution in [0.4, 0.5) is 4.39 Å². The monoisotopic (exact) mass is 1130 g/mol. The molecule has 0 saturated heterocycles. The first-order chi connectivity index (χ1) is 35.3. The van der Waals surface area contributed by atoms with Crippen LogP contribution in [0, 0.1) is 5.95 Å². The summed E-state index contributed by atoms with van der Waals surface area (Å²) < 4.78 is 61.5. The molecule has 0 spiro atoms. The molecule has 1 rings (SSSR count). The maximum Gasteiger partial charge on any atom is 0.406 e. The third-order valence-electron chi connectivity index (χ3n) is 9.90. The Hall–Kier alpha value is -4.76. The number of ether oxygens (including phenoxy) is 4. The van der Waals surface area contributed by atoms with Crippen molar-refractivity contribution in [2.24, 2.45) is 0 Å². The number of unbranched alkanes of at least 4 members (excludes halogenated alkanes) is 4.